The Morgan fingerprint density at radius 3 is 2.64 bits per heavy atom. The van der Waals surface area contributed by atoms with Crippen molar-refractivity contribution >= 4 is 11.6 Å². The molecule has 3 heteroatoms. The zero-order valence-electron chi connectivity index (χ0n) is 8.21. The van der Waals surface area contributed by atoms with Gasteiger partial charge >= 0.3 is 0 Å². The number of halogens is 1. The lowest BCUT2D eigenvalue weighted by atomic mass is 10.3. The van der Waals surface area contributed by atoms with Crippen molar-refractivity contribution in [3.63, 3.8) is 0 Å². The average Bonchev–Trinajstić information content (AvgIpc) is 2.25. The van der Waals surface area contributed by atoms with E-state index in [1.165, 1.54) is 0 Å². The number of rotatable bonds is 7. The summed E-state index contributed by atoms with van der Waals surface area (Å²) in [6.07, 6.45) is 1.01. The molecule has 1 aromatic rings. The van der Waals surface area contributed by atoms with Crippen LogP contribution in [0.4, 0.5) is 0 Å². The van der Waals surface area contributed by atoms with E-state index in [1.54, 1.807) is 0 Å². The van der Waals surface area contributed by atoms with Crippen LogP contribution < -0.4 is 10.1 Å². The molecule has 0 fully saturated rings. The van der Waals surface area contributed by atoms with Gasteiger partial charge in [-0.3, -0.25) is 0 Å². The van der Waals surface area contributed by atoms with Gasteiger partial charge in [-0.15, -0.1) is 11.6 Å². The Labute approximate surface area is 90.2 Å². The fourth-order valence-corrected chi connectivity index (χ4v) is 1.21. The molecule has 0 aliphatic rings. The van der Waals surface area contributed by atoms with Crippen LogP contribution in [0.2, 0.25) is 0 Å². The normalized spacial score (nSPS) is 10.1. The van der Waals surface area contributed by atoms with Gasteiger partial charge in [0.25, 0.3) is 0 Å². The number of para-hydroxylation sites is 1. The van der Waals surface area contributed by atoms with Crippen molar-refractivity contribution in [2.75, 3.05) is 25.6 Å². The summed E-state index contributed by atoms with van der Waals surface area (Å²) in [4.78, 5) is 0. The van der Waals surface area contributed by atoms with E-state index in [1.807, 2.05) is 30.3 Å². The van der Waals surface area contributed by atoms with E-state index in [0.717, 1.165) is 25.3 Å². The molecule has 78 valence electrons. The Morgan fingerprint density at radius 1 is 1.14 bits per heavy atom. The molecule has 1 aromatic carbocycles. The molecule has 0 aromatic heterocycles. The van der Waals surface area contributed by atoms with Crippen LogP contribution >= 0.6 is 11.6 Å². The summed E-state index contributed by atoms with van der Waals surface area (Å²) in [7, 11) is 0. The minimum atomic E-state index is 0.701. The maximum atomic E-state index is 5.54. The number of alkyl halides is 1. The molecule has 1 rings (SSSR count). The minimum Gasteiger partial charge on any atom is -0.492 e. The number of ether oxygens (including phenoxy) is 1. The third-order valence-corrected chi connectivity index (χ3v) is 2.05. The van der Waals surface area contributed by atoms with Gasteiger partial charge in [0.1, 0.15) is 12.4 Å². The molecule has 0 spiro atoms. The van der Waals surface area contributed by atoms with Gasteiger partial charge in [-0.25, -0.2) is 0 Å². The van der Waals surface area contributed by atoms with Gasteiger partial charge in [-0.05, 0) is 25.1 Å². The van der Waals surface area contributed by atoms with Crippen LogP contribution in [-0.2, 0) is 0 Å². The average molecular weight is 214 g/mol. The summed E-state index contributed by atoms with van der Waals surface area (Å²) in [6.45, 7) is 2.53. The van der Waals surface area contributed by atoms with Crippen LogP contribution in [-0.4, -0.2) is 25.6 Å². The molecule has 0 saturated carbocycles. The standard InChI is InChI=1S/C11H16ClNO/c12-7-4-8-13-9-10-14-11-5-2-1-3-6-11/h1-3,5-6,13H,4,7-10H2. The second-order valence-corrected chi connectivity index (χ2v) is 3.33. The van der Waals surface area contributed by atoms with Gasteiger partial charge in [-0.2, -0.15) is 0 Å². The largest absolute Gasteiger partial charge is 0.492 e. The zero-order chi connectivity index (χ0) is 10.1. The number of hydrogen-bond acceptors (Lipinski definition) is 2. The molecule has 0 aliphatic heterocycles. The molecule has 1 N–H and O–H groups in total. The highest BCUT2D eigenvalue weighted by Crippen LogP contribution is 2.07. The van der Waals surface area contributed by atoms with Crippen LogP contribution in [0.5, 0.6) is 5.75 Å². The van der Waals surface area contributed by atoms with Gasteiger partial charge < -0.3 is 10.1 Å². The number of nitrogens with one attached hydrogen (secondary N) is 1. The van der Waals surface area contributed by atoms with Gasteiger partial charge in [-0.1, -0.05) is 18.2 Å². The molecule has 0 aliphatic carbocycles. The fraction of sp³-hybridized carbons (Fsp3) is 0.455. The Balaban J connectivity index is 1.99. The van der Waals surface area contributed by atoms with Gasteiger partial charge in [0, 0.05) is 12.4 Å². The Morgan fingerprint density at radius 2 is 1.93 bits per heavy atom. The first kappa shape index (κ1) is 11.3. The maximum Gasteiger partial charge on any atom is 0.119 e. The van der Waals surface area contributed by atoms with Crippen LogP contribution in [0, 0.1) is 0 Å². The summed E-state index contributed by atoms with van der Waals surface area (Å²) >= 11 is 5.54. The van der Waals surface area contributed by atoms with E-state index >= 15 is 0 Å². The van der Waals surface area contributed by atoms with E-state index in [9.17, 15) is 0 Å². The SMILES string of the molecule is ClCCCNCCOc1ccccc1. The lowest BCUT2D eigenvalue weighted by Gasteiger charge is -2.06. The fourth-order valence-electron chi connectivity index (χ4n) is 1.07. The van der Waals surface area contributed by atoms with Crippen molar-refractivity contribution in [3.8, 4) is 5.75 Å². The van der Waals surface area contributed by atoms with E-state index in [-0.39, 0.29) is 0 Å². The number of hydrogen-bond donors (Lipinski definition) is 1. The summed E-state index contributed by atoms with van der Waals surface area (Å²) in [5.41, 5.74) is 0. The van der Waals surface area contributed by atoms with Crippen LogP contribution in [0.25, 0.3) is 0 Å². The number of benzene rings is 1. The minimum absolute atomic E-state index is 0.701. The molecular formula is C11H16ClNO. The zero-order valence-corrected chi connectivity index (χ0v) is 8.96. The third-order valence-electron chi connectivity index (χ3n) is 1.78. The summed E-state index contributed by atoms with van der Waals surface area (Å²) in [6, 6.07) is 9.83. The molecule has 0 saturated heterocycles. The quantitative estimate of drug-likeness (QED) is 0.554. The Hall–Kier alpha value is -0.730. The Kier molecular flexibility index (Phi) is 6.20. The molecule has 0 bridgehead atoms. The Bertz CT molecular complexity index is 228. The van der Waals surface area contributed by atoms with E-state index in [4.69, 9.17) is 16.3 Å². The van der Waals surface area contributed by atoms with Crippen LogP contribution in [0.1, 0.15) is 6.42 Å². The molecule has 0 unspecified atom stereocenters. The van der Waals surface area contributed by atoms with Gasteiger partial charge in [0.15, 0.2) is 0 Å². The summed E-state index contributed by atoms with van der Waals surface area (Å²) in [5.74, 6) is 1.64. The molecule has 2 nitrogen and oxygen atoms in total. The maximum absolute atomic E-state index is 5.54. The van der Waals surface area contributed by atoms with Crippen LogP contribution in [0.15, 0.2) is 30.3 Å². The van der Waals surface area contributed by atoms with Crippen molar-refractivity contribution in [1.29, 1.82) is 0 Å². The van der Waals surface area contributed by atoms with Gasteiger partial charge in [0.05, 0.1) is 0 Å². The highest BCUT2D eigenvalue weighted by Gasteiger charge is 1.90. The lowest BCUT2D eigenvalue weighted by molar-refractivity contribution is 0.314. The lowest BCUT2D eigenvalue weighted by Crippen LogP contribution is -2.22. The molecule has 0 amide bonds. The highest BCUT2D eigenvalue weighted by molar-refractivity contribution is 6.17. The summed E-state index contributed by atoms with van der Waals surface area (Å²) in [5, 5.41) is 3.25. The predicted molar refractivity (Wildman–Crippen MR) is 60.1 cm³/mol. The molecule has 0 radical (unpaired) electrons. The van der Waals surface area contributed by atoms with Crippen molar-refractivity contribution in [2.45, 2.75) is 6.42 Å². The predicted octanol–water partition coefficient (Wildman–Crippen LogP) is 2.28. The molecular weight excluding hydrogens is 198 g/mol. The van der Waals surface area contributed by atoms with Gasteiger partial charge in [0.2, 0.25) is 0 Å². The van der Waals surface area contributed by atoms with E-state index < -0.39 is 0 Å². The smallest absolute Gasteiger partial charge is 0.119 e. The second kappa shape index (κ2) is 7.65. The molecule has 0 atom stereocenters. The van der Waals surface area contributed by atoms with Crippen LogP contribution in [0.3, 0.4) is 0 Å². The van der Waals surface area contributed by atoms with E-state index in [2.05, 4.69) is 5.32 Å². The van der Waals surface area contributed by atoms with Crippen molar-refractivity contribution < 1.29 is 4.74 Å². The molecule has 0 heterocycles. The van der Waals surface area contributed by atoms with E-state index in [0.29, 0.717) is 12.5 Å². The van der Waals surface area contributed by atoms with Crippen molar-refractivity contribution in [1.82, 2.24) is 5.32 Å². The first-order chi connectivity index (χ1) is 6.93. The monoisotopic (exact) mass is 213 g/mol. The first-order valence-corrected chi connectivity index (χ1v) is 5.41. The first-order valence-electron chi connectivity index (χ1n) is 4.88. The highest BCUT2D eigenvalue weighted by atomic mass is 35.5. The van der Waals surface area contributed by atoms with Crippen molar-refractivity contribution in [2.24, 2.45) is 0 Å². The van der Waals surface area contributed by atoms with Crippen molar-refractivity contribution in [3.05, 3.63) is 30.3 Å². The second-order valence-electron chi connectivity index (χ2n) is 2.95. The topological polar surface area (TPSA) is 21.3 Å². The molecule has 14 heavy (non-hydrogen) atoms. The summed E-state index contributed by atoms with van der Waals surface area (Å²) < 4.78 is 5.49. The third kappa shape index (κ3) is 5.10.